The van der Waals surface area contributed by atoms with E-state index < -0.39 is 0 Å². The molecule has 1 unspecified atom stereocenters. The Morgan fingerprint density at radius 3 is 2.90 bits per heavy atom. The average Bonchev–Trinajstić information content (AvgIpc) is 2.43. The topological polar surface area (TPSA) is 78.9 Å². The number of hydrogen-bond acceptors (Lipinski definition) is 4. The van der Waals surface area contributed by atoms with Gasteiger partial charge < -0.3 is 20.1 Å². The number of likely N-dealkylation sites (N-methyl/N-ethyl adjacent to an activating group) is 1. The molecule has 1 fully saturated rings. The molecular weight excluding hydrogens is 260 g/mol. The number of benzene rings is 1. The quantitative estimate of drug-likeness (QED) is 0.855. The first-order valence-electron chi connectivity index (χ1n) is 6.43. The molecule has 2 amide bonds. The molecule has 1 aliphatic rings. The van der Waals surface area contributed by atoms with Crippen LogP contribution in [0.4, 0.5) is 0 Å². The van der Waals surface area contributed by atoms with Crippen molar-refractivity contribution in [3.05, 3.63) is 23.8 Å². The third-order valence-electron chi connectivity index (χ3n) is 3.43. The third kappa shape index (κ3) is 2.84. The van der Waals surface area contributed by atoms with Gasteiger partial charge in [-0.15, -0.1) is 0 Å². The minimum absolute atomic E-state index is 0.0831. The van der Waals surface area contributed by atoms with Crippen molar-refractivity contribution in [3.63, 3.8) is 0 Å². The van der Waals surface area contributed by atoms with Crippen LogP contribution in [-0.4, -0.2) is 48.6 Å². The molecule has 0 radical (unpaired) electrons. The lowest BCUT2D eigenvalue weighted by Gasteiger charge is -2.30. The van der Waals surface area contributed by atoms with Crippen LogP contribution < -0.4 is 10.1 Å². The lowest BCUT2D eigenvalue weighted by molar-refractivity contribution is -0.132. The van der Waals surface area contributed by atoms with E-state index in [1.807, 2.05) is 0 Å². The Bertz CT molecular complexity index is 530. The second kappa shape index (κ2) is 5.81. The molecule has 1 aliphatic heterocycles. The van der Waals surface area contributed by atoms with Gasteiger partial charge in [0.15, 0.2) is 11.5 Å². The normalized spacial score (nSPS) is 18.8. The van der Waals surface area contributed by atoms with Crippen molar-refractivity contribution in [1.29, 1.82) is 0 Å². The summed E-state index contributed by atoms with van der Waals surface area (Å²) in [6.07, 6.45) is 1.03. The average molecular weight is 278 g/mol. The highest BCUT2D eigenvalue weighted by atomic mass is 16.5. The largest absolute Gasteiger partial charge is 0.504 e. The molecule has 0 bridgehead atoms. The summed E-state index contributed by atoms with van der Waals surface area (Å²) in [6.45, 7) is 0.481. The van der Waals surface area contributed by atoms with Crippen molar-refractivity contribution in [3.8, 4) is 11.5 Å². The number of carbonyl (C=O) groups is 2. The van der Waals surface area contributed by atoms with Crippen molar-refractivity contribution in [1.82, 2.24) is 10.2 Å². The van der Waals surface area contributed by atoms with E-state index in [1.165, 1.54) is 13.2 Å². The van der Waals surface area contributed by atoms with Crippen molar-refractivity contribution >= 4 is 11.8 Å². The van der Waals surface area contributed by atoms with Gasteiger partial charge in [0.05, 0.1) is 12.7 Å². The number of nitrogens with zero attached hydrogens (tertiary/aromatic N) is 1. The SMILES string of the molecule is COc1cccc(C(=O)NC2CCC(=O)N(C)C2)c1O. The summed E-state index contributed by atoms with van der Waals surface area (Å²) < 4.78 is 4.97. The number of carbonyl (C=O) groups excluding carboxylic acids is 2. The fraction of sp³-hybridized carbons (Fsp3) is 0.429. The third-order valence-corrected chi connectivity index (χ3v) is 3.43. The molecule has 6 heteroatoms. The number of piperidine rings is 1. The molecule has 0 saturated carbocycles. The van der Waals surface area contributed by atoms with E-state index in [0.29, 0.717) is 19.4 Å². The van der Waals surface area contributed by atoms with E-state index in [9.17, 15) is 14.7 Å². The van der Waals surface area contributed by atoms with Gasteiger partial charge in [0, 0.05) is 26.1 Å². The summed E-state index contributed by atoms with van der Waals surface area (Å²) in [5.74, 6) is -0.199. The van der Waals surface area contributed by atoms with E-state index in [2.05, 4.69) is 5.32 Å². The standard InChI is InChI=1S/C14H18N2O4/c1-16-8-9(6-7-12(16)17)15-14(19)10-4-3-5-11(20-2)13(10)18/h3-5,9,18H,6-8H2,1-2H3,(H,15,19). The van der Waals surface area contributed by atoms with Crippen LogP contribution in [0.1, 0.15) is 23.2 Å². The van der Waals surface area contributed by atoms with Crippen LogP contribution in [-0.2, 0) is 4.79 Å². The Hall–Kier alpha value is -2.24. The predicted molar refractivity (Wildman–Crippen MR) is 72.8 cm³/mol. The van der Waals surface area contributed by atoms with Crippen molar-refractivity contribution in [2.24, 2.45) is 0 Å². The minimum atomic E-state index is -0.367. The molecule has 2 rings (SSSR count). The first-order chi connectivity index (χ1) is 9.52. The number of aromatic hydroxyl groups is 1. The van der Waals surface area contributed by atoms with Crippen LogP contribution in [0.15, 0.2) is 18.2 Å². The molecule has 0 spiro atoms. The number of nitrogens with one attached hydrogen (secondary N) is 1. The smallest absolute Gasteiger partial charge is 0.255 e. The Kier molecular flexibility index (Phi) is 4.12. The second-order valence-electron chi connectivity index (χ2n) is 4.84. The highest BCUT2D eigenvalue weighted by Gasteiger charge is 2.25. The number of phenols is 1. The maximum Gasteiger partial charge on any atom is 0.255 e. The highest BCUT2D eigenvalue weighted by molar-refractivity contribution is 5.98. The molecule has 1 heterocycles. The lowest BCUT2D eigenvalue weighted by Crippen LogP contribution is -2.48. The maximum atomic E-state index is 12.2. The van der Waals surface area contributed by atoms with Gasteiger partial charge in [-0.2, -0.15) is 0 Å². The Morgan fingerprint density at radius 1 is 1.50 bits per heavy atom. The highest BCUT2D eigenvalue weighted by Crippen LogP contribution is 2.29. The van der Waals surface area contributed by atoms with Gasteiger partial charge in [-0.05, 0) is 18.6 Å². The number of likely N-dealkylation sites (tertiary alicyclic amines) is 1. The number of methoxy groups -OCH3 is 1. The van der Waals surface area contributed by atoms with Gasteiger partial charge in [-0.25, -0.2) is 0 Å². The summed E-state index contributed by atoms with van der Waals surface area (Å²) in [6, 6.07) is 4.66. The molecule has 1 aromatic rings. The van der Waals surface area contributed by atoms with Crippen LogP contribution in [0, 0.1) is 0 Å². The number of ether oxygens (including phenoxy) is 1. The monoisotopic (exact) mass is 278 g/mol. The van der Waals surface area contributed by atoms with Gasteiger partial charge in [0.1, 0.15) is 0 Å². The van der Waals surface area contributed by atoms with Gasteiger partial charge >= 0.3 is 0 Å². The molecule has 0 aliphatic carbocycles. The summed E-state index contributed by atoms with van der Waals surface area (Å²) >= 11 is 0. The van der Waals surface area contributed by atoms with Gasteiger partial charge in [-0.1, -0.05) is 6.07 Å². The number of para-hydroxylation sites is 1. The van der Waals surface area contributed by atoms with Crippen LogP contribution in [0.5, 0.6) is 11.5 Å². The molecule has 108 valence electrons. The summed E-state index contributed by atoms with van der Waals surface area (Å²) in [4.78, 5) is 25.1. The zero-order valence-electron chi connectivity index (χ0n) is 11.5. The van der Waals surface area contributed by atoms with Crippen LogP contribution >= 0.6 is 0 Å². The van der Waals surface area contributed by atoms with Gasteiger partial charge in [0.2, 0.25) is 5.91 Å². The number of hydrogen-bond donors (Lipinski definition) is 2. The van der Waals surface area contributed by atoms with Crippen molar-refractivity contribution < 1.29 is 19.4 Å². The summed E-state index contributed by atoms with van der Waals surface area (Å²) in [5.41, 5.74) is 0.170. The maximum absolute atomic E-state index is 12.2. The molecular formula is C14H18N2O4. The Balaban J connectivity index is 2.07. The van der Waals surface area contributed by atoms with Gasteiger partial charge in [-0.3, -0.25) is 9.59 Å². The molecule has 0 aromatic heterocycles. The predicted octanol–water partition coefficient (Wildman–Crippen LogP) is 0.751. The zero-order chi connectivity index (χ0) is 14.7. The number of amides is 2. The Morgan fingerprint density at radius 2 is 2.25 bits per heavy atom. The van der Waals surface area contributed by atoms with E-state index in [0.717, 1.165) is 0 Å². The fourth-order valence-electron chi connectivity index (χ4n) is 2.26. The lowest BCUT2D eigenvalue weighted by atomic mass is 10.0. The van der Waals surface area contributed by atoms with Crippen molar-refractivity contribution in [2.45, 2.75) is 18.9 Å². The first kappa shape index (κ1) is 14.2. The molecule has 20 heavy (non-hydrogen) atoms. The van der Waals surface area contributed by atoms with Crippen LogP contribution in [0.2, 0.25) is 0 Å². The molecule has 1 saturated heterocycles. The Labute approximate surface area is 117 Å². The summed E-state index contributed by atoms with van der Waals surface area (Å²) in [5, 5.41) is 12.8. The molecule has 2 N–H and O–H groups in total. The second-order valence-corrected chi connectivity index (χ2v) is 4.84. The fourth-order valence-corrected chi connectivity index (χ4v) is 2.26. The summed E-state index contributed by atoms with van der Waals surface area (Å²) in [7, 11) is 3.14. The van der Waals surface area contributed by atoms with Crippen LogP contribution in [0.3, 0.4) is 0 Å². The first-order valence-corrected chi connectivity index (χ1v) is 6.43. The molecule has 6 nitrogen and oxygen atoms in total. The van der Waals surface area contributed by atoms with Crippen LogP contribution in [0.25, 0.3) is 0 Å². The van der Waals surface area contributed by atoms with E-state index in [-0.39, 0.29) is 34.9 Å². The van der Waals surface area contributed by atoms with E-state index in [1.54, 1.807) is 24.1 Å². The molecule has 1 aromatic carbocycles. The van der Waals surface area contributed by atoms with Gasteiger partial charge in [0.25, 0.3) is 5.91 Å². The van der Waals surface area contributed by atoms with Crippen molar-refractivity contribution in [2.75, 3.05) is 20.7 Å². The molecule has 1 atom stereocenters. The minimum Gasteiger partial charge on any atom is -0.504 e. The number of phenolic OH excluding ortho intramolecular Hbond substituents is 1. The van der Waals surface area contributed by atoms with E-state index >= 15 is 0 Å². The zero-order valence-corrected chi connectivity index (χ0v) is 11.5. The number of rotatable bonds is 3. The van der Waals surface area contributed by atoms with E-state index in [4.69, 9.17) is 4.74 Å².